The molecule has 0 bridgehead atoms. The van der Waals surface area contributed by atoms with Gasteiger partial charge in [-0.1, -0.05) is 15.9 Å². The molecule has 1 rings (SSSR count). The first kappa shape index (κ1) is 16.8. The number of halogens is 1. The van der Waals surface area contributed by atoms with Gasteiger partial charge in [0.2, 0.25) is 0 Å². The van der Waals surface area contributed by atoms with E-state index in [1.54, 1.807) is 32.4 Å². The molecule has 0 saturated heterocycles. The van der Waals surface area contributed by atoms with Crippen LogP contribution in [-0.4, -0.2) is 45.2 Å². The number of hydrogen-bond acceptors (Lipinski definition) is 4. The fourth-order valence-electron chi connectivity index (χ4n) is 1.69. The van der Waals surface area contributed by atoms with Gasteiger partial charge in [-0.05, 0) is 18.6 Å². The minimum absolute atomic E-state index is 0.165. The summed E-state index contributed by atoms with van der Waals surface area (Å²) in [6, 6.07) is 5.11. The van der Waals surface area contributed by atoms with E-state index in [0.29, 0.717) is 30.2 Å². The number of hydrogen-bond donors (Lipinski definition) is 1. The number of ether oxygens (including phenoxy) is 3. The predicted octanol–water partition coefficient (Wildman–Crippen LogP) is 2.23. The van der Waals surface area contributed by atoms with Gasteiger partial charge in [0.15, 0.2) is 0 Å². The summed E-state index contributed by atoms with van der Waals surface area (Å²) in [5.41, 5.74) is 0.492. The molecule has 112 valence electrons. The Morgan fingerprint density at radius 3 is 2.65 bits per heavy atom. The maximum Gasteiger partial charge on any atom is 0.255 e. The Bertz CT molecular complexity index is 439. The van der Waals surface area contributed by atoms with Crippen LogP contribution in [0.1, 0.15) is 16.8 Å². The van der Waals surface area contributed by atoms with Gasteiger partial charge < -0.3 is 19.5 Å². The molecular weight excluding hydrogens is 326 g/mol. The van der Waals surface area contributed by atoms with Gasteiger partial charge in [0.25, 0.3) is 5.91 Å². The first-order chi connectivity index (χ1) is 9.62. The average Bonchev–Trinajstić information content (AvgIpc) is 2.46. The molecule has 0 fully saturated rings. The Balaban J connectivity index is 2.59. The van der Waals surface area contributed by atoms with E-state index >= 15 is 0 Å². The topological polar surface area (TPSA) is 56.8 Å². The minimum Gasteiger partial charge on any atom is -0.497 e. The highest BCUT2D eigenvalue weighted by atomic mass is 79.9. The predicted molar refractivity (Wildman–Crippen MR) is 81.1 cm³/mol. The first-order valence-corrected chi connectivity index (χ1v) is 7.17. The summed E-state index contributed by atoms with van der Waals surface area (Å²) in [6.07, 6.45) is 0.790. The van der Waals surface area contributed by atoms with Crippen molar-refractivity contribution in [3.63, 3.8) is 0 Å². The molecule has 5 nitrogen and oxygen atoms in total. The van der Waals surface area contributed by atoms with Crippen LogP contribution in [0.2, 0.25) is 0 Å². The number of benzene rings is 1. The number of nitrogens with one attached hydrogen (secondary N) is 1. The third kappa shape index (κ3) is 5.02. The summed E-state index contributed by atoms with van der Waals surface area (Å²) in [7, 11) is 4.74. The van der Waals surface area contributed by atoms with Gasteiger partial charge in [-0.2, -0.15) is 0 Å². The van der Waals surface area contributed by atoms with E-state index in [2.05, 4.69) is 21.2 Å². The van der Waals surface area contributed by atoms with E-state index in [9.17, 15) is 4.79 Å². The zero-order valence-electron chi connectivity index (χ0n) is 11.9. The highest BCUT2D eigenvalue weighted by Crippen LogP contribution is 2.24. The third-order valence-corrected chi connectivity index (χ3v) is 3.47. The van der Waals surface area contributed by atoms with Gasteiger partial charge >= 0.3 is 0 Å². The fraction of sp³-hybridized carbons (Fsp3) is 0.500. The third-order valence-electron chi connectivity index (χ3n) is 2.74. The molecule has 0 aromatic heterocycles. The average molecular weight is 346 g/mol. The molecule has 0 aliphatic heterocycles. The van der Waals surface area contributed by atoms with Crippen molar-refractivity contribution in [1.29, 1.82) is 0 Å². The zero-order chi connectivity index (χ0) is 15.0. The number of amides is 1. The van der Waals surface area contributed by atoms with Crippen LogP contribution in [-0.2, 0) is 4.74 Å². The van der Waals surface area contributed by atoms with Gasteiger partial charge in [-0.25, -0.2) is 0 Å². The van der Waals surface area contributed by atoms with Crippen LogP contribution in [0.4, 0.5) is 0 Å². The lowest BCUT2D eigenvalue weighted by Crippen LogP contribution is -2.27. The van der Waals surface area contributed by atoms with Crippen molar-refractivity contribution in [3.05, 3.63) is 23.8 Å². The van der Waals surface area contributed by atoms with Crippen LogP contribution in [0.25, 0.3) is 0 Å². The standard InChI is InChI=1S/C14H20BrNO4/c1-18-9-10(15)6-7-16-14(17)12-5-4-11(19-2)8-13(12)20-3/h4-5,8,10H,6-7,9H2,1-3H3,(H,16,17). The van der Waals surface area contributed by atoms with Gasteiger partial charge in [0, 0.05) is 24.5 Å². The van der Waals surface area contributed by atoms with Crippen molar-refractivity contribution in [2.45, 2.75) is 11.2 Å². The smallest absolute Gasteiger partial charge is 0.255 e. The van der Waals surface area contributed by atoms with E-state index in [0.717, 1.165) is 6.42 Å². The lowest BCUT2D eigenvalue weighted by Gasteiger charge is -2.12. The summed E-state index contributed by atoms with van der Waals surface area (Å²) >= 11 is 3.47. The maximum absolute atomic E-state index is 12.1. The zero-order valence-corrected chi connectivity index (χ0v) is 13.5. The van der Waals surface area contributed by atoms with Gasteiger partial charge in [0.1, 0.15) is 11.5 Å². The van der Waals surface area contributed by atoms with Crippen molar-refractivity contribution in [1.82, 2.24) is 5.32 Å². The van der Waals surface area contributed by atoms with E-state index < -0.39 is 0 Å². The highest BCUT2D eigenvalue weighted by molar-refractivity contribution is 9.09. The minimum atomic E-state index is -0.165. The number of methoxy groups -OCH3 is 3. The summed E-state index contributed by atoms with van der Waals surface area (Å²) in [5.74, 6) is 0.981. The molecule has 1 N–H and O–H groups in total. The highest BCUT2D eigenvalue weighted by Gasteiger charge is 2.13. The summed E-state index contributed by atoms with van der Waals surface area (Å²) in [6.45, 7) is 1.18. The second-order valence-corrected chi connectivity index (χ2v) is 5.46. The molecule has 0 spiro atoms. The monoisotopic (exact) mass is 345 g/mol. The number of alkyl halides is 1. The Hall–Kier alpha value is -1.27. The van der Waals surface area contributed by atoms with E-state index in [1.165, 1.54) is 7.11 Å². The molecule has 0 heterocycles. The number of carbonyl (C=O) groups is 1. The summed E-state index contributed by atoms with van der Waals surface area (Å²) < 4.78 is 15.3. The van der Waals surface area contributed by atoms with Crippen molar-refractivity contribution in [2.24, 2.45) is 0 Å². The van der Waals surface area contributed by atoms with Gasteiger partial charge in [-0.3, -0.25) is 4.79 Å². The Morgan fingerprint density at radius 2 is 2.05 bits per heavy atom. The SMILES string of the molecule is COCC(Br)CCNC(=O)c1ccc(OC)cc1OC. The molecule has 0 aliphatic carbocycles. The van der Waals surface area contributed by atoms with Crippen molar-refractivity contribution in [2.75, 3.05) is 34.5 Å². The molecule has 20 heavy (non-hydrogen) atoms. The lowest BCUT2D eigenvalue weighted by atomic mass is 10.1. The van der Waals surface area contributed by atoms with Crippen LogP contribution in [0.3, 0.4) is 0 Å². The van der Waals surface area contributed by atoms with Gasteiger partial charge in [-0.15, -0.1) is 0 Å². The quantitative estimate of drug-likeness (QED) is 0.734. The largest absolute Gasteiger partial charge is 0.497 e. The maximum atomic E-state index is 12.1. The number of carbonyl (C=O) groups excluding carboxylic acids is 1. The normalized spacial score (nSPS) is 11.8. The Morgan fingerprint density at radius 1 is 1.30 bits per heavy atom. The van der Waals surface area contributed by atoms with Crippen molar-refractivity contribution >= 4 is 21.8 Å². The van der Waals surface area contributed by atoms with Crippen molar-refractivity contribution < 1.29 is 19.0 Å². The van der Waals surface area contributed by atoms with Crippen LogP contribution in [0.15, 0.2) is 18.2 Å². The molecular formula is C14H20BrNO4. The molecule has 1 amide bonds. The van der Waals surface area contributed by atoms with E-state index in [1.807, 2.05) is 0 Å². The first-order valence-electron chi connectivity index (χ1n) is 6.25. The Kier molecular flexibility index (Phi) is 7.40. The van der Waals surface area contributed by atoms with E-state index in [4.69, 9.17) is 14.2 Å². The summed E-state index contributed by atoms with van der Waals surface area (Å²) in [5, 5.41) is 2.86. The van der Waals surface area contributed by atoms with E-state index in [-0.39, 0.29) is 10.7 Å². The Labute approximate surface area is 127 Å². The summed E-state index contributed by atoms with van der Waals surface area (Å²) in [4.78, 5) is 12.3. The molecule has 0 aliphatic rings. The fourth-order valence-corrected chi connectivity index (χ4v) is 2.18. The second kappa shape index (κ2) is 8.81. The molecule has 1 aromatic carbocycles. The lowest BCUT2D eigenvalue weighted by molar-refractivity contribution is 0.0949. The van der Waals surface area contributed by atoms with Crippen LogP contribution >= 0.6 is 15.9 Å². The molecule has 1 atom stereocenters. The molecule has 0 radical (unpaired) electrons. The molecule has 6 heteroatoms. The molecule has 1 unspecified atom stereocenters. The van der Waals surface area contributed by atoms with Crippen LogP contribution < -0.4 is 14.8 Å². The number of rotatable bonds is 8. The molecule has 1 aromatic rings. The second-order valence-electron chi connectivity index (χ2n) is 4.16. The van der Waals surface area contributed by atoms with Crippen LogP contribution in [0, 0.1) is 0 Å². The van der Waals surface area contributed by atoms with Crippen LogP contribution in [0.5, 0.6) is 11.5 Å². The molecule has 0 saturated carbocycles. The van der Waals surface area contributed by atoms with Gasteiger partial charge in [0.05, 0.1) is 26.4 Å². The van der Waals surface area contributed by atoms with Crippen molar-refractivity contribution in [3.8, 4) is 11.5 Å².